The third-order valence-corrected chi connectivity index (χ3v) is 2.89. The van der Waals surface area contributed by atoms with E-state index in [-0.39, 0.29) is 13.2 Å². The van der Waals surface area contributed by atoms with Crippen LogP contribution in [0.2, 0.25) is 0 Å². The third-order valence-electron chi connectivity index (χ3n) is 2.27. The molecule has 1 aromatic carbocycles. The van der Waals surface area contributed by atoms with Gasteiger partial charge in [0.1, 0.15) is 11.9 Å². The summed E-state index contributed by atoms with van der Waals surface area (Å²) in [6, 6.07) is 5.46. The zero-order valence-electron chi connectivity index (χ0n) is 10.4. The molecule has 2 amide bonds. The van der Waals surface area contributed by atoms with Crippen molar-refractivity contribution < 1.29 is 19.4 Å². The van der Waals surface area contributed by atoms with Crippen LogP contribution in [0.4, 0.5) is 0 Å². The molecule has 0 bridgehead atoms. The molecule has 1 aromatic rings. The first-order valence-electron chi connectivity index (χ1n) is 5.53. The molecule has 0 fully saturated rings. The lowest BCUT2D eigenvalue weighted by atomic mass is 10.2. The van der Waals surface area contributed by atoms with Crippen LogP contribution >= 0.6 is 15.9 Å². The Balaban J connectivity index is 2.40. The van der Waals surface area contributed by atoms with Gasteiger partial charge in [-0.05, 0) is 40.5 Å². The van der Waals surface area contributed by atoms with Gasteiger partial charge in [-0.3, -0.25) is 9.59 Å². The number of ether oxygens (including phenoxy) is 1. The Labute approximate surface area is 119 Å². The minimum absolute atomic E-state index is 0.215. The second-order valence-corrected chi connectivity index (χ2v) is 4.80. The smallest absolute Gasteiger partial charge is 0.258 e. The van der Waals surface area contributed by atoms with Gasteiger partial charge in [0, 0.05) is 0 Å². The average Bonchev–Trinajstić information content (AvgIpc) is 2.34. The summed E-state index contributed by atoms with van der Waals surface area (Å²) in [4.78, 5) is 22.0. The minimum Gasteiger partial charge on any atom is -0.483 e. The molecule has 0 radical (unpaired) electrons. The number of nitrogens with two attached hydrogens (primary N) is 1. The van der Waals surface area contributed by atoms with E-state index in [2.05, 4.69) is 21.2 Å². The molecule has 1 rings (SSSR count). The highest BCUT2D eigenvalue weighted by molar-refractivity contribution is 9.10. The van der Waals surface area contributed by atoms with Crippen LogP contribution in [0.1, 0.15) is 5.56 Å². The van der Waals surface area contributed by atoms with Gasteiger partial charge >= 0.3 is 0 Å². The number of hydrogen-bond acceptors (Lipinski definition) is 4. The van der Waals surface area contributed by atoms with Crippen molar-refractivity contribution >= 4 is 27.7 Å². The zero-order valence-corrected chi connectivity index (χ0v) is 11.9. The molecule has 0 saturated carbocycles. The fourth-order valence-corrected chi connectivity index (χ4v) is 1.84. The average molecular weight is 331 g/mol. The van der Waals surface area contributed by atoms with Gasteiger partial charge in [0.2, 0.25) is 5.91 Å². The molecule has 0 aliphatic heterocycles. The Morgan fingerprint density at radius 1 is 1.53 bits per heavy atom. The lowest BCUT2D eigenvalue weighted by molar-refractivity contribution is -0.127. The number of halogens is 1. The van der Waals surface area contributed by atoms with Crippen LogP contribution in [0, 0.1) is 6.92 Å². The van der Waals surface area contributed by atoms with Gasteiger partial charge in [-0.25, -0.2) is 0 Å². The topological polar surface area (TPSA) is 102 Å². The van der Waals surface area contributed by atoms with E-state index in [4.69, 9.17) is 15.6 Å². The number of amides is 2. The van der Waals surface area contributed by atoms with Gasteiger partial charge in [-0.1, -0.05) is 6.07 Å². The molecule has 6 nitrogen and oxygen atoms in total. The van der Waals surface area contributed by atoms with Crippen LogP contribution in [0.5, 0.6) is 5.75 Å². The predicted octanol–water partition coefficient (Wildman–Crippen LogP) is 0.0987. The molecule has 0 aliphatic carbocycles. The van der Waals surface area contributed by atoms with Crippen molar-refractivity contribution in [1.82, 2.24) is 5.32 Å². The van der Waals surface area contributed by atoms with E-state index in [9.17, 15) is 9.59 Å². The molecule has 0 saturated heterocycles. The highest BCUT2D eigenvalue weighted by Gasteiger charge is 2.12. The van der Waals surface area contributed by atoms with Gasteiger partial charge in [-0.15, -0.1) is 0 Å². The Morgan fingerprint density at radius 3 is 2.79 bits per heavy atom. The standard InChI is InChI=1S/C12H15BrN2O4/c1-7-2-3-10(8(13)4-7)19-6-11(17)15-5-9(16)12(14)18/h2-4,9,16H,5-6H2,1H3,(H2,14,18)(H,15,17). The second kappa shape index (κ2) is 7.10. The summed E-state index contributed by atoms with van der Waals surface area (Å²) >= 11 is 3.32. The van der Waals surface area contributed by atoms with Gasteiger partial charge < -0.3 is 20.9 Å². The summed E-state index contributed by atoms with van der Waals surface area (Å²) in [6.07, 6.45) is -1.39. The lowest BCUT2D eigenvalue weighted by Gasteiger charge is -2.10. The third kappa shape index (κ3) is 5.27. The Hall–Kier alpha value is -1.60. The van der Waals surface area contributed by atoms with Crippen LogP contribution in [-0.2, 0) is 9.59 Å². The number of rotatable bonds is 6. The summed E-state index contributed by atoms with van der Waals surface area (Å²) in [6.45, 7) is 1.49. The number of hydrogen-bond donors (Lipinski definition) is 3. The quantitative estimate of drug-likeness (QED) is 0.688. The number of aliphatic hydroxyl groups excluding tert-OH is 1. The molecular formula is C12H15BrN2O4. The van der Waals surface area contributed by atoms with Gasteiger partial charge in [0.15, 0.2) is 6.61 Å². The van der Waals surface area contributed by atoms with Crippen molar-refractivity contribution in [3.8, 4) is 5.75 Å². The summed E-state index contributed by atoms with van der Waals surface area (Å²) in [5.41, 5.74) is 5.91. The summed E-state index contributed by atoms with van der Waals surface area (Å²) in [7, 11) is 0. The highest BCUT2D eigenvalue weighted by atomic mass is 79.9. The van der Waals surface area contributed by atoms with Crippen LogP contribution < -0.4 is 15.8 Å². The highest BCUT2D eigenvalue weighted by Crippen LogP contribution is 2.25. The van der Waals surface area contributed by atoms with Crippen molar-refractivity contribution in [3.05, 3.63) is 28.2 Å². The Morgan fingerprint density at radius 2 is 2.21 bits per heavy atom. The van der Waals surface area contributed by atoms with Crippen molar-refractivity contribution in [2.24, 2.45) is 5.73 Å². The maximum absolute atomic E-state index is 11.4. The number of benzene rings is 1. The Kier molecular flexibility index (Phi) is 5.78. The van der Waals surface area contributed by atoms with E-state index in [1.807, 2.05) is 19.1 Å². The number of aliphatic hydroxyl groups is 1. The zero-order chi connectivity index (χ0) is 14.4. The first-order chi connectivity index (χ1) is 8.90. The molecule has 0 aliphatic rings. The largest absolute Gasteiger partial charge is 0.483 e. The number of carbonyl (C=O) groups excluding carboxylic acids is 2. The molecule has 0 aromatic heterocycles. The maximum Gasteiger partial charge on any atom is 0.258 e. The molecular weight excluding hydrogens is 316 g/mol. The number of primary amides is 1. The SMILES string of the molecule is Cc1ccc(OCC(=O)NCC(O)C(N)=O)c(Br)c1. The van der Waals surface area contributed by atoms with E-state index >= 15 is 0 Å². The molecule has 4 N–H and O–H groups in total. The van der Waals surface area contributed by atoms with Crippen LogP contribution in [-0.4, -0.2) is 36.2 Å². The monoisotopic (exact) mass is 330 g/mol. The molecule has 104 valence electrons. The van der Waals surface area contributed by atoms with Crippen molar-refractivity contribution in [2.45, 2.75) is 13.0 Å². The molecule has 1 atom stereocenters. The van der Waals surface area contributed by atoms with E-state index < -0.39 is 17.9 Å². The fraction of sp³-hybridized carbons (Fsp3) is 0.333. The normalized spacial score (nSPS) is 11.7. The van der Waals surface area contributed by atoms with E-state index in [0.29, 0.717) is 5.75 Å². The van der Waals surface area contributed by atoms with Crippen LogP contribution in [0.15, 0.2) is 22.7 Å². The van der Waals surface area contributed by atoms with Crippen LogP contribution in [0.25, 0.3) is 0 Å². The maximum atomic E-state index is 11.4. The second-order valence-electron chi connectivity index (χ2n) is 3.94. The first kappa shape index (κ1) is 15.5. The van der Waals surface area contributed by atoms with Crippen molar-refractivity contribution in [3.63, 3.8) is 0 Å². The number of aryl methyl sites for hydroxylation is 1. The molecule has 19 heavy (non-hydrogen) atoms. The van der Waals surface area contributed by atoms with E-state index in [1.165, 1.54) is 0 Å². The number of carbonyl (C=O) groups is 2. The summed E-state index contributed by atoms with van der Waals surface area (Å²) in [5, 5.41) is 11.4. The number of nitrogens with one attached hydrogen (secondary N) is 1. The van der Waals surface area contributed by atoms with E-state index in [1.54, 1.807) is 6.07 Å². The van der Waals surface area contributed by atoms with Gasteiger partial charge in [-0.2, -0.15) is 0 Å². The van der Waals surface area contributed by atoms with Crippen molar-refractivity contribution in [2.75, 3.05) is 13.2 Å². The first-order valence-corrected chi connectivity index (χ1v) is 6.32. The fourth-order valence-electron chi connectivity index (χ4n) is 1.23. The summed E-state index contributed by atoms with van der Waals surface area (Å²) < 4.78 is 6.04. The lowest BCUT2D eigenvalue weighted by Crippen LogP contribution is -2.41. The van der Waals surface area contributed by atoms with Gasteiger partial charge in [0.05, 0.1) is 11.0 Å². The van der Waals surface area contributed by atoms with Crippen molar-refractivity contribution in [1.29, 1.82) is 0 Å². The molecule has 0 heterocycles. The molecule has 0 spiro atoms. The van der Waals surface area contributed by atoms with Crippen LogP contribution in [0.3, 0.4) is 0 Å². The Bertz CT molecular complexity index is 479. The van der Waals surface area contributed by atoms with Gasteiger partial charge in [0.25, 0.3) is 5.91 Å². The minimum atomic E-state index is -1.39. The molecule has 7 heteroatoms. The van der Waals surface area contributed by atoms with E-state index in [0.717, 1.165) is 10.0 Å². The predicted molar refractivity (Wildman–Crippen MR) is 72.6 cm³/mol. The molecule has 1 unspecified atom stereocenters. The summed E-state index contributed by atoms with van der Waals surface area (Å²) in [5.74, 6) is -0.800.